The van der Waals surface area contributed by atoms with E-state index in [-0.39, 0.29) is 0 Å². The van der Waals surface area contributed by atoms with Gasteiger partial charge < -0.3 is 4.90 Å². The predicted octanol–water partition coefficient (Wildman–Crippen LogP) is 4.59. The van der Waals surface area contributed by atoms with Crippen LogP contribution in [-0.2, 0) is 0 Å². The topological polar surface area (TPSA) is 3.24 Å². The second-order valence-corrected chi connectivity index (χ2v) is 6.19. The highest BCUT2D eigenvalue weighted by atomic mass is 15.1. The fraction of sp³-hybridized carbons (Fsp3) is 0.474. The number of benzene rings is 1. The van der Waals surface area contributed by atoms with Crippen LogP contribution in [0.5, 0.6) is 0 Å². The van der Waals surface area contributed by atoms with Crippen molar-refractivity contribution in [3.8, 4) is 0 Å². The molecule has 2 aliphatic rings. The summed E-state index contributed by atoms with van der Waals surface area (Å²) in [6.45, 7) is 8.31. The number of allylic oxidation sites excluding steroid dienone is 2. The first-order valence-corrected chi connectivity index (χ1v) is 7.90. The van der Waals surface area contributed by atoms with E-state index >= 15 is 0 Å². The Kier molecular flexibility index (Phi) is 3.95. The van der Waals surface area contributed by atoms with Gasteiger partial charge in [0.1, 0.15) is 0 Å². The zero-order chi connectivity index (χ0) is 13.9. The minimum absolute atomic E-state index is 0.779. The molecular weight excluding hydrogens is 242 g/mol. The van der Waals surface area contributed by atoms with Gasteiger partial charge in [-0.15, -0.1) is 6.58 Å². The van der Waals surface area contributed by atoms with Crippen LogP contribution in [0.3, 0.4) is 0 Å². The van der Waals surface area contributed by atoms with Crippen LogP contribution >= 0.6 is 0 Å². The molecule has 1 aromatic rings. The molecular formula is C19H25N. The van der Waals surface area contributed by atoms with Crippen molar-refractivity contribution in [2.45, 2.75) is 32.1 Å². The van der Waals surface area contributed by atoms with E-state index in [0.29, 0.717) is 0 Å². The molecule has 0 aromatic heterocycles. The maximum absolute atomic E-state index is 3.93. The number of hydrogen-bond acceptors (Lipinski definition) is 1. The molecule has 0 radical (unpaired) electrons. The summed E-state index contributed by atoms with van der Waals surface area (Å²) in [6.07, 6.45) is 8.46. The molecule has 0 heterocycles. The molecule has 1 heteroatoms. The third-order valence-electron chi connectivity index (χ3n) is 4.61. The van der Waals surface area contributed by atoms with Crippen LogP contribution in [0, 0.1) is 11.8 Å². The van der Waals surface area contributed by atoms with Crippen LogP contribution in [-0.4, -0.2) is 18.0 Å². The van der Waals surface area contributed by atoms with Gasteiger partial charge in [-0.05, 0) is 49.5 Å². The van der Waals surface area contributed by atoms with Crippen molar-refractivity contribution < 1.29 is 0 Å². The largest absolute Gasteiger partial charge is 0.371 e. The summed E-state index contributed by atoms with van der Waals surface area (Å²) in [7, 11) is 0. The fourth-order valence-corrected chi connectivity index (χ4v) is 3.34. The summed E-state index contributed by atoms with van der Waals surface area (Å²) < 4.78 is 0. The van der Waals surface area contributed by atoms with Gasteiger partial charge in [0.2, 0.25) is 0 Å². The van der Waals surface area contributed by atoms with Crippen molar-refractivity contribution >= 4 is 0 Å². The predicted molar refractivity (Wildman–Crippen MR) is 85.5 cm³/mol. The van der Waals surface area contributed by atoms with Crippen molar-refractivity contribution in [2.24, 2.45) is 11.8 Å². The molecule has 0 spiro atoms. The minimum Gasteiger partial charge on any atom is -0.371 e. The summed E-state index contributed by atoms with van der Waals surface area (Å²) in [5.41, 5.74) is 3.08. The summed E-state index contributed by atoms with van der Waals surface area (Å²) in [4.78, 5) is 2.57. The van der Waals surface area contributed by atoms with Crippen LogP contribution in [0.4, 0.5) is 0 Å². The zero-order valence-corrected chi connectivity index (χ0v) is 12.5. The molecule has 2 unspecified atom stereocenters. The van der Waals surface area contributed by atoms with Crippen molar-refractivity contribution in [3.05, 3.63) is 60.3 Å². The molecule has 106 valence electrons. The summed E-state index contributed by atoms with van der Waals surface area (Å²) in [5.74, 6) is 2.43. The van der Waals surface area contributed by atoms with Crippen molar-refractivity contribution in [2.75, 3.05) is 13.1 Å². The second kappa shape index (κ2) is 5.87. The van der Waals surface area contributed by atoms with E-state index < -0.39 is 0 Å². The Morgan fingerprint density at radius 1 is 1.30 bits per heavy atom. The molecule has 0 saturated heterocycles. The van der Waals surface area contributed by atoms with Gasteiger partial charge in [0.15, 0.2) is 0 Å². The number of hydrogen-bond donors (Lipinski definition) is 0. The lowest BCUT2D eigenvalue weighted by Gasteiger charge is -2.26. The van der Waals surface area contributed by atoms with Gasteiger partial charge in [-0.3, -0.25) is 0 Å². The van der Waals surface area contributed by atoms with E-state index in [2.05, 4.69) is 54.8 Å². The lowest BCUT2D eigenvalue weighted by atomic mass is 10.1. The highest BCUT2D eigenvalue weighted by Gasteiger charge is 2.40. The van der Waals surface area contributed by atoms with Gasteiger partial charge in [0, 0.05) is 18.8 Å². The molecule has 0 aliphatic heterocycles. The average molecular weight is 267 g/mol. The minimum atomic E-state index is 0.779. The third kappa shape index (κ3) is 2.98. The fourth-order valence-electron chi connectivity index (χ4n) is 3.34. The summed E-state index contributed by atoms with van der Waals surface area (Å²) in [6, 6.07) is 11.0. The highest BCUT2D eigenvalue weighted by molar-refractivity contribution is 5.26. The molecule has 0 N–H and O–H groups in total. The normalized spacial score (nSPS) is 25.4. The summed E-state index contributed by atoms with van der Waals surface area (Å²) >= 11 is 0. The molecule has 20 heavy (non-hydrogen) atoms. The molecule has 2 fully saturated rings. The standard InChI is InChI=1S/C19H25N/c1-3-12-20(19(4-2)16-10-11-16)14-17-13-18(17)15-8-6-5-7-9-15/h3-9,16-18H,1,10-14H2,2H3. The SMILES string of the molecule is C=CCN(CC1CC1c1ccccc1)C(=CC)C1CC1. The van der Waals surface area contributed by atoms with Gasteiger partial charge in [0.25, 0.3) is 0 Å². The first kappa shape index (κ1) is 13.5. The molecule has 3 rings (SSSR count). The Morgan fingerprint density at radius 3 is 2.65 bits per heavy atom. The average Bonchev–Trinajstić information content (AvgIpc) is 3.35. The second-order valence-electron chi connectivity index (χ2n) is 6.19. The first-order valence-electron chi connectivity index (χ1n) is 7.90. The van der Waals surface area contributed by atoms with Crippen LogP contribution in [0.2, 0.25) is 0 Å². The number of nitrogens with zero attached hydrogens (tertiary/aromatic N) is 1. The van der Waals surface area contributed by atoms with Gasteiger partial charge in [-0.25, -0.2) is 0 Å². The van der Waals surface area contributed by atoms with Crippen LogP contribution < -0.4 is 0 Å². The molecule has 1 aromatic carbocycles. The first-order chi connectivity index (χ1) is 9.83. The third-order valence-corrected chi connectivity index (χ3v) is 4.61. The van der Waals surface area contributed by atoms with Crippen molar-refractivity contribution in [1.82, 2.24) is 4.90 Å². The lowest BCUT2D eigenvalue weighted by Crippen LogP contribution is -2.27. The van der Waals surface area contributed by atoms with Crippen LogP contribution in [0.1, 0.15) is 37.7 Å². The quantitative estimate of drug-likeness (QED) is 0.653. The zero-order valence-electron chi connectivity index (χ0n) is 12.5. The lowest BCUT2D eigenvalue weighted by molar-refractivity contribution is 0.341. The van der Waals surface area contributed by atoms with Crippen LogP contribution in [0.25, 0.3) is 0 Å². The molecule has 0 bridgehead atoms. The Hall–Kier alpha value is -1.50. The summed E-state index contributed by atoms with van der Waals surface area (Å²) in [5, 5.41) is 0. The van der Waals surface area contributed by atoms with E-state index in [4.69, 9.17) is 0 Å². The maximum Gasteiger partial charge on any atom is 0.0354 e. The van der Waals surface area contributed by atoms with E-state index in [1.807, 2.05) is 6.08 Å². The highest BCUT2D eigenvalue weighted by Crippen LogP contribution is 2.49. The Balaban J connectivity index is 1.62. The number of rotatable bonds is 7. The van der Waals surface area contributed by atoms with Crippen molar-refractivity contribution in [3.63, 3.8) is 0 Å². The molecule has 0 amide bonds. The Bertz CT molecular complexity index is 484. The molecule has 1 nitrogen and oxygen atoms in total. The molecule has 2 atom stereocenters. The van der Waals surface area contributed by atoms with E-state index in [0.717, 1.165) is 24.3 Å². The van der Waals surface area contributed by atoms with Gasteiger partial charge in [-0.2, -0.15) is 0 Å². The molecule has 2 aliphatic carbocycles. The Morgan fingerprint density at radius 2 is 2.05 bits per heavy atom. The van der Waals surface area contributed by atoms with Gasteiger partial charge in [0.05, 0.1) is 0 Å². The van der Waals surface area contributed by atoms with E-state index in [1.165, 1.54) is 31.4 Å². The van der Waals surface area contributed by atoms with Gasteiger partial charge >= 0.3 is 0 Å². The van der Waals surface area contributed by atoms with Crippen molar-refractivity contribution in [1.29, 1.82) is 0 Å². The monoisotopic (exact) mass is 267 g/mol. The molecule has 2 saturated carbocycles. The van der Waals surface area contributed by atoms with Gasteiger partial charge in [-0.1, -0.05) is 42.5 Å². The van der Waals surface area contributed by atoms with Crippen LogP contribution in [0.15, 0.2) is 54.8 Å². The van der Waals surface area contributed by atoms with E-state index in [9.17, 15) is 0 Å². The smallest absolute Gasteiger partial charge is 0.0354 e. The Labute approximate surface area is 123 Å². The van der Waals surface area contributed by atoms with E-state index in [1.54, 1.807) is 5.70 Å². The maximum atomic E-state index is 3.93.